The molecule has 6 rings (SSSR count). The van der Waals surface area contributed by atoms with E-state index in [1.165, 1.54) is 24.0 Å². The summed E-state index contributed by atoms with van der Waals surface area (Å²) in [7, 11) is 0. The number of nitrogen functional groups attached to an aromatic ring is 2. The van der Waals surface area contributed by atoms with Gasteiger partial charge in [-0.05, 0) is 29.8 Å². The Morgan fingerprint density at radius 1 is 0.767 bits per heavy atom. The fourth-order valence-corrected chi connectivity index (χ4v) is 5.01. The van der Waals surface area contributed by atoms with Crippen LogP contribution in [0.4, 0.5) is 27.3 Å². The Balaban J connectivity index is 0.970. The number of carbonyl (C=O) groups is 2. The summed E-state index contributed by atoms with van der Waals surface area (Å²) in [6, 6.07) is 11.0. The molecule has 6 N–H and O–H groups in total. The standard InChI is InChI=1S/C27H25N13O2S/c28-24-22-26(33-12-31-24)39(14-35-22)9-7-18(41)37-17-3-1-16(2-4-17)11-30-20-5-6-21(43-20)38-19(42)8-10-40-15-36-23-25(29)32-13-34-27(23)40/h1-6,11-15H,7-10H2,(H,37,41)(H,38,42)(H2,28,31,33)(H2,29,32,34). The van der Waals surface area contributed by atoms with E-state index >= 15 is 0 Å². The molecule has 0 fully saturated rings. The van der Waals surface area contributed by atoms with Crippen LogP contribution in [0, 0.1) is 0 Å². The summed E-state index contributed by atoms with van der Waals surface area (Å²) < 4.78 is 3.54. The summed E-state index contributed by atoms with van der Waals surface area (Å²) in [5, 5.41) is 7.21. The van der Waals surface area contributed by atoms with Crippen LogP contribution in [0.2, 0.25) is 0 Å². The molecule has 0 saturated carbocycles. The largest absolute Gasteiger partial charge is 0.382 e. The number of amides is 2. The highest BCUT2D eigenvalue weighted by molar-refractivity contribution is 7.19. The predicted octanol–water partition coefficient (Wildman–Crippen LogP) is 3.00. The number of thiophene rings is 1. The predicted molar refractivity (Wildman–Crippen MR) is 164 cm³/mol. The Morgan fingerprint density at radius 2 is 1.35 bits per heavy atom. The van der Waals surface area contributed by atoms with Crippen molar-refractivity contribution in [1.29, 1.82) is 0 Å². The van der Waals surface area contributed by atoms with Gasteiger partial charge in [0, 0.05) is 37.8 Å². The third-order valence-electron chi connectivity index (χ3n) is 6.41. The average Bonchev–Trinajstić information content (AvgIpc) is 3.74. The molecule has 16 heteroatoms. The lowest BCUT2D eigenvalue weighted by Gasteiger charge is -2.06. The first kappa shape index (κ1) is 27.4. The average molecular weight is 596 g/mol. The zero-order chi connectivity index (χ0) is 29.8. The number of carbonyl (C=O) groups excluding carboxylic acids is 2. The van der Waals surface area contributed by atoms with Crippen LogP contribution in [0.25, 0.3) is 22.3 Å². The van der Waals surface area contributed by atoms with Gasteiger partial charge in [0.15, 0.2) is 22.9 Å². The normalized spacial score (nSPS) is 11.4. The molecule has 216 valence electrons. The second kappa shape index (κ2) is 12.0. The maximum Gasteiger partial charge on any atom is 0.226 e. The van der Waals surface area contributed by atoms with Crippen molar-refractivity contribution in [2.75, 3.05) is 22.1 Å². The van der Waals surface area contributed by atoms with Crippen molar-refractivity contribution in [3.63, 3.8) is 0 Å². The number of nitrogens with zero attached hydrogens (tertiary/aromatic N) is 9. The molecule has 15 nitrogen and oxygen atoms in total. The number of hydrogen-bond donors (Lipinski definition) is 4. The molecular formula is C27H25N13O2S. The van der Waals surface area contributed by atoms with Gasteiger partial charge in [0.25, 0.3) is 0 Å². The molecule has 0 aliphatic carbocycles. The number of nitrogens with two attached hydrogens (primary N) is 2. The number of aryl methyl sites for hydroxylation is 2. The van der Waals surface area contributed by atoms with Gasteiger partial charge in [-0.25, -0.2) is 34.9 Å². The van der Waals surface area contributed by atoms with Crippen molar-refractivity contribution in [3.05, 3.63) is 67.3 Å². The maximum atomic E-state index is 12.5. The van der Waals surface area contributed by atoms with Gasteiger partial charge in [-0.3, -0.25) is 9.59 Å². The third kappa shape index (κ3) is 6.28. The zero-order valence-electron chi connectivity index (χ0n) is 22.6. The van der Waals surface area contributed by atoms with E-state index in [0.717, 1.165) is 10.6 Å². The number of benzene rings is 1. The van der Waals surface area contributed by atoms with Crippen LogP contribution in [-0.4, -0.2) is 57.1 Å². The Morgan fingerprint density at radius 3 is 1.95 bits per heavy atom. The van der Waals surface area contributed by atoms with E-state index in [4.69, 9.17) is 11.5 Å². The Bertz CT molecular complexity index is 1960. The van der Waals surface area contributed by atoms with Crippen LogP contribution in [0.15, 0.2) is 66.7 Å². The molecule has 0 saturated heterocycles. The molecule has 0 aliphatic heterocycles. The molecule has 0 atom stereocenters. The van der Waals surface area contributed by atoms with Crippen molar-refractivity contribution in [3.8, 4) is 0 Å². The lowest BCUT2D eigenvalue weighted by atomic mass is 10.2. The van der Waals surface area contributed by atoms with E-state index in [2.05, 4.69) is 45.5 Å². The number of aromatic nitrogens is 8. The summed E-state index contributed by atoms with van der Waals surface area (Å²) in [4.78, 5) is 54.1. The van der Waals surface area contributed by atoms with Crippen LogP contribution in [0.3, 0.4) is 0 Å². The Labute approximate surface area is 247 Å². The zero-order valence-corrected chi connectivity index (χ0v) is 23.4. The van der Waals surface area contributed by atoms with Gasteiger partial charge in [-0.2, -0.15) is 0 Å². The minimum absolute atomic E-state index is 0.143. The summed E-state index contributed by atoms with van der Waals surface area (Å²) in [5.74, 6) is 0.321. The highest BCUT2D eigenvalue weighted by atomic mass is 32.1. The van der Waals surface area contributed by atoms with Crippen LogP contribution in [0.5, 0.6) is 0 Å². The lowest BCUT2D eigenvalue weighted by molar-refractivity contribution is -0.117. The second-order valence-corrected chi connectivity index (χ2v) is 10.4. The van der Waals surface area contributed by atoms with Crippen molar-refractivity contribution in [2.45, 2.75) is 25.9 Å². The number of imidazole rings is 2. The van der Waals surface area contributed by atoms with E-state index in [9.17, 15) is 9.59 Å². The van der Waals surface area contributed by atoms with Crippen molar-refractivity contribution >= 4 is 79.0 Å². The summed E-state index contributed by atoms with van der Waals surface area (Å²) in [5.41, 5.74) is 15.4. The number of hydrogen-bond acceptors (Lipinski definition) is 12. The molecule has 6 aromatic rings. The molecule has 0 spiro atoms. The minimum Gasteiger partial charge on any atom is -0.382 e. The van der Waals surface area contributed by atoms with E-state index in [-0.39, 0.29) is 24.7 Å². The quantitative estimate of drug-likeness (QED) is 0.170. The van der Waals surface area contributed by atoms with Crippen LogP contribution in [0.1, 0.15) is 18.4 Å². The van der Waals surface area contributed by atoms with Gasteiger partial charge < -0.3 is 31.2 Å². The molecular weight excluding hydrogens is 570 g/mol. The molecule has 5 aromatic heterocycles. The van der Waals surface area contributed by atoms with E-state index in [1.807, 2.05) is 36.4 Å². The monoisotopic (exact) mass is 595 g/mol. The maximum absolute atomic E-state index is 12.5. The fourth-order valence-electron chi connectivity index (χ4n) is 4.25. The minimum atomic E-state index is -0.143. The van der Waals surface area contributed by atoms with Crippen LogP contribution in [-0.2, 0) is 22.7 Å². The first-order valence-corrected chi connectivity index (χ1v) is 13.9. The number of anilines is 4. The molecule has 0 unspecified atom stereocenters. The Hall–Kier alpha value is -5.77. The number of rotatable bonds is 10. The van der Waals surface area contributed by atoms with Gasteiger partial charge in [0.1, 0.15) is 28.7 Å². The van der Waals surface area contributed by atoms with E-state index in [1.54, 1.807) is 28.0 Å². The SMILES string of the molecule is Nc1ncnc2c1ncn2CCC(=O)Nc1ccc(C=Nc2ccc(NC(=O)CCn3cnc4c(N)ncnc43)s2)cc1. The Kier molecular flexibility index (Phi) is 7.64. The van der Waals surface area contributed by atoms with Gasteiger partial charge in [-0.15, -0.1) is 0 Å². The molecule has 5 heterocycles. The first-order valence-electron chi connectivity index (χ1n) is 13.1. The number of nitrogens with one attached hydrogen (secondary N) is 2. The fraction of sp³-hybridized carbons (Fsp3) is 0.148. The molecule has 2 amide bonds. The third-order valence-corrected chi connectivity index (χ3v) is 7.32. The van der Waals surface area contributed by atoms with Crippen LogP contribution < -0.4 is 22.1 Å². The van der Waals surface area contributed by atoms with E-state index < -0.39 is 0 Å². The molecule has 0 bridgehead atoms. The molecule has 43 heavy (non-hydrogen) atoms. The lowest BCUT2D eigenvalue weighted by Crippen LogP contribution is -2.14. The smallest absolute Gasteiger partial charge is 0.226 e. The van der Waals surface area contributed by atoms with Crippen molar-refractivity contribution < 1.29 is 9.59 Å². The molecule has 1 aromatic carbocycles. The summed E-state index contributed by atoms with van der Waals surface area (Å²) in [6.45, 7) is 0.803. The number of aliphatic imine (C=N–C) groups is 1. The van der Waals surface area contributed by atoms with Crippen molar-refractivity contribution in [1.82, 2.24) is 39.0 Å². The highest BCUT2D eigenvalue weighted by Crippen LogP contribution is 2.29. The van der Waals surface area contributed by atoms with E-state index in [0.29, 0.717) is 57.7 Å². The van der Waals surface area contributed by atoms with Gasteiger partial charge in [0.2, 0.25) is 11.8 Å². The highest BCUT2D eigenvalue weighted by Gasteiger charge is 2.11. The van der Waals surface area contributed by atoms with Gasteiger partial charge in [-0.1, -0.05) is 23.5 Å². The summed E-state index contributed by atoms with van der Waals surface area (Å²) >= 11 is 1.36. The second-order valence-electron chi connectivity index (χ2n) is 9.35. The molecule has 0 radical (unpaired) electrons. The van der Waals surface area contributed by atoms with Crippen molar-refractivity contribution in [2.24, 2.45) is 4.99 Å². The molecule has 0 aliphatic rings. The van der Waals surface area contributed by atoms with Crippen LogP contribution >= 0.6 is 11.3 Å². The van der Waals surface area contributed by atoms with Gasteiger partial charge >= 0.3 is 0 Å². The van der Waals surface area contributed by atoms with Gasteiger partial charge in [0.05, 0.1) is 17.7 Å². The summed E-state index contributed by atoms with van der Waals surface area (Å²) in [6.07, 6.45) is 8.13. The number of fused-ring (bicyclic) bond motifs is 2. The first-order chi connectivity index (χ1) is 20.9. The topological polar surface area (TPSA) is 210 Å².